The Labute approximate surface area is 148 Å². The van der Waals surface area contributed by atoms with Gasteiger partial charge in [0.15, 0.2) is 5.69 Å². The van der Waals surface area contributed by atoms with Crippen molar-refractivity contribution in [2.45, 2.75) is 32.2 Å². The molecule has 3 heterocycles. The third-order valence-electron chi connectivity index (χ3n) is 4.88. The fraction of sp³-hybridized carbons (Fsp3) is 0.688. The number of likely N-dealkylation sites (N-methyl/N-ethyl adjacent to an activating group) is 1. The van der Waals surface area contributed by atoms with E-state index in [9.17, 15) is 9.59 Å². The number of rotatable bonds is 4. The number of amides is 2. The quantitative estimate of drug-likeness (QED) is 0.873. The van der Waals surface area contributed by atoms with Crippen LogP contribution in [0.3, 0.4) is 0 Å². The minimum Gasteiger partial charge on any atom is -0.361 e. The molecule has 2 fully saturated rings. The van der Waals surface area contributed by atoms with Crippen LogP contribution in [0, 0.1) is 12.8 Å². The van der Waals surface area contributed by atoms with Gasteiger partial charge in [0.25, 0.3) is 5.91 Å². The minimum absolute atomic E-state index is 0. The van der Waals surface area contributed by atoms with E-state index in [1.807, 2.05) is 16.8 Å². The molecule has 0 spiro atoms. The molecule has 134 valence electrons. The Morgan fingerprint density at radius 2 is 2.25 bits per heavy atom. The standard InChI is InChI=1S/C16H24N4O3.ClH/c1-11-9-13(18-23-11)16(22)19-7-5-14-12(10-19)3-4-15(21)20(14)8-6-17-2;/h9,12,14,17H,3-8,10H2,1-2H3;1H/t12-,14+;/m0./s1. The molecule has 1 aromatic rings. The van der Waals surface area contributed by atoms with E-state index in [1.54, 1.807) is 13.0 Å². The zero-order valence-electron chi connectivity index (χ0n) is 14.2. The second kappa shape index (κ2) is 7.98. The number of nitrogens with zero attached hydrogens (tertiary/aromatic N) is 3. The van der Waals surface area contributed by atoms with Gasteiger partial charge < -0.3 is 19.6 Å². The zero-order valence-corrected chi connectivity index (χ0v) is 15.0. The summed E-state index contributed by atoms with van der Waals surface area (Å²) >= 11 is 0. The second-order valence-corrected chi connectivity index (χ2v) is 6.42. The Bertz CT molecular complexity index is 592. The van der Waals surface area contributed by atoms with E-state index in [1.165, 1.54) is 0 Å². The highest BCUT2D eigenvalue weighted by atomic mass is 35.5. The first kappa shape index (κ1) is 18.7. The van der Waals surface area contributed by atoms with Crippen molar-refractivity contribution in [1.82, 2.24) is 20.3 Å². The lowest BCUT2D eigenvalue weighted by atomic mass is 9.83. The van der Waals surface area contributed by atoms with Gasteiger partial charge in [0.2, 0.25) is 5.91 Å². The number of aromatic nitrogens is 1. The number of hydrogen-bond donors (Lipinski definition) is 1. The molecule has 2 aliphatic heterocycles. The van der Waals surface area contributed by atoms with Gasteiger partial charge in [-0.1, -0.05) is 5.16 Å². The van der Waals surface area contributed by atoms with Crippen LogP contribution in [0.2, 0.25) is 0 Å². The molecule has 2 amide bonds. The monoisotopic (exact) mass is 356 g/mol. The number of aryl methyl sites for hydroxylation is 1. The number of halogens is 1. The second-order valence-electron chi connectivity index (χ2n) is 6.42. The van der Waals surface area contributed by atoms with E-state index in [4.69, 9.17) is 4.52 Å². The van der Waals surface area contributed by atoms with Crippen molar-refractivity contribution in [3.8, 4) is 0 Å². The summed E-state index contributed by atoms with van der Waals surface area (Å²) in [5.74, 6) is 1.17. The third kappa shape index (κ3) is 3.72. The molecule has 1 aromatic heterocycles. The lowest BCUT2D eigenvalue weighted by molar-refractivity contribution is -0.140. The molecule has 2 aliphatic rings. The molecule has 7 nitrogen and oxygen atoms in total. The molecule has 2 atom stereocenters. The summed E-state index contributed by atoms with van der Waals surface area (Å²) in [4.78, 5) is 28.6. The van der Waals surface area contributed by atoms with Crippen LogP contribution in [-0.2, 0) is 4.79 Å². The highest BCUT2D eigenvalue weighted by Gasteiger charge is 2.40. The molecule has 0 saturated carbocycles. The van der Waals surface area contributed by atoms with Crippen molar-refractivity contribution in [3.05, 3.63) is 17.5 Å². The largest absolute Gasteiger partial charge is 0.361 e. The minimum atomic E-state index is -0.0704. The molecule has 0 radical (unpaired) electrons. The molecular formula is C16H25ClN4O3. The summed E-state index contributed by atoms with van der Waals surface area (Å²) in [5.41, 5.74) is 0.375. The van der Waals surface area contributed by atoms with Gasteiger partial charge in [-0.05, 0) is 32.7 Å². The average Bonchev–Trinajstić information content (AvgIpc) is 2.99. The molecule has 0 bridgehead atoms. The van der Waals surface area contributed by atoms with Crippen molar-refractivity contribution < 1.29 is 14.1 Å². The Morgan fingerprint density at radius 1 is 1.46 bits per heavy atom. The van der Waals surface area contributed by atoms with E-state index < -0.39 is 0 Å². The number of hydrogen-bond acceptors (Lipinski definition) is 5. The van der Waals surface area contributed by atoms with Crippen molar-refractivity contribution in [1.29, 1.82) is 0 Å². The molecule has 0 aromatic carbocycles. The van der Waals surface area contributed by atoms with Crippen LogP contribution in [0.15, 0.2) is 10.6 Å². The van der Waals surface area contributed by atoms with Gasteiger partial charge in [-0.15, -0.1) is 12.4 Å². The lowest BCUT2D eigenvalue weighted by Gasteiger charge is -2.47. The van der Waals surface area contributed by atoms with E-state index in [-0.39, 0.29) is 30.3 Å². The van der Waals surface area contributed by atoms with E-state index in [2.05, 4.69) is 10.5 Å². The first-order valence-electron chi connectivity index (χ1n) is 8.27. The lowest BCUT2D eigenvalue weighted by Crippen LogP contribution is -2.57. The number of carbonyl (C=O) groups is 2. The number of likely N-dealkylation sites (tertiary alicyclic amines) is 2. The maximum atomic E-state index is 12.5. The van der Waals surface area contributed by atoms with Crippen LogP contribution in [0.5, 0.6) is 0 Å². The summed E-state index contributed by atoms with van der Waals surface area (Å²) < 4.78 is 5.00. The van der Waals surface area contributed by atoms with Crippen molar-refractivity contribution >= 4 is 24.2 Å². The van der Waals surface area contributed by atoms with Gasteiger partial charge in [0, 0.05) is 44.7 Å². The SMILES string of the molecule is CNCCN1C(=O)CC[C@H]2CN(C(=O)c3cc(C)on3)CC[C@H]21.Cl. The Hall–Kier alpha value is -1.60. The van der Waals surface area contributed by atoms with E-state index in [0.29, 0.717) is 36.9 Å². The Balaban J connectivity index is 0.00000208. The molecule has 3 rings (SSSR count). The van der Waals surface area contributed by atoms with Crippen molar-refractivity contribution in [2.75, 3.05) is 33.2 Å². The number of piperidine rings is 2. The molecule has 0 aliphatic carbocycles. The summed E-state index contributed by atoms with van der Waals surface area (Å²) in [6.45, 7) is 4.68. The molecule has 1 N–H and O–H groups in total. The fourth-order valence-corrected chi connectivity index (χ4v) is 3.69. The molecule has 0 unspecified atom stereocenters. The first-order valence-corrected chi connectivity index (χ1v) is 8.27. The average molecular weight is 357 g/mol. The Morgan fingerprint density at radius 3 is 2.92 bits per heavy atom. The van der Waals surface area contributed by atoms with Crippen LogP contribution >= 0.6 is 12.4 Å². The maximum absolute atomic E-state index is 12.5. The van der Waals surface area contributed by atoms with Crippen molar-refractivity contribution in [3.63, 3.8) is 0 Å². The van der Waals surface area contributed by atoms with E-state index >= 15 is 0 Å². The Kier molecular flexibility index (Phi) is 6.23. The number of carbonyl (C=O) groups excluding carboxylic acids is 2. The summed E-state index contributed by atoms with van der Waals surface area (Å²) in [6.07, 6.45) is 2.28. The predicted molar refractivity (Wildman–Crippen MR) is 91.2 cm³/mol. The highest BCUT2D eigenvalue weighted by molar-refractivity contribution is 5.92. The zero-order chi connectivity index (χ0) is 16.4. The van der Waals surface area contributed by atoms with Crippen LogP contribution in [0.4, 0.5) is 0 Å². The van der Waals surface area contributed by atoms with Gasteiger partial charge in [-0.2, -0.15) is 0 Å². The fourth-order valence-electron chi connectivity index (χ4n) is 3.69. The molecular weight excluding hydrogens is 332 g/mol. The normalized spacial score (nSPS) is 23.7. The summed E-state index contributed by atoms with van der Waals surface area (Å²) in [5, 5.41) is 6.93. The van der Waals surface area contributed by atoms with Crippen LogP contribution in [0.1, 0.15) is 35.5 Å². The van der Waals surface area contributed by atoms with Gasteiger partial charge in [-0.3, -0.25) is 9.59 Å². The van der Waals surface area contributed by atoms with E-state index in [0.717, 1.165) is 25.9 Å². The number of nitrogens with one attached hydrogen (secondary N) is 1. The van der Waals surface area contributed by atoms with Gasteiger partial charge in [-0.25, -0.2) is 0 Å². The molecule has 8 heteroatoms. The summed E-state index contributed by atoms with van der Waals surface area (Å²) in [7, 11) is 1.90. The van der Waals surface area contributed by atoms with Gasteiger partial charge >= 0.3 is 0 Å². The maximum Gasteiger partial charge on any atom is 0.276 e. The highest BCUT2D eigenvalue weighted by Crippen LogP contribution is 2.31. The van der Waals surface area contributed by atoms with Crippen molar-refractivity contribution in [2.24, 2.45) is 5.92 Å². The van der Waals surface area contributed by atoms with Crippen LogP contribution in [0.25, 0.3) is 0 Å². The summed E-state index contributed by atoms with van der Waals surface area (Å²) in [6, 6.07) is 1.94. The molecule has 24 heavy (non-hydrogen) atoms. The topological polar surface area (TPSA) is 78.7 Å². The number of fused-ring (bicyclic) bond motifs is 1. The smallest absolute Gasteiger partial charge is 0.276 e. The predicted octanol–water partition coefficient (Wildman–Crippen LogP) is 1.08. The van der Waals surface area contributed by atoms with Crippen LogP contribution in [-0.4, -0.2) is 66.0 Å². The third-order valence-corrected chi connectivity index (χ3v) is 4.88. The molecule has 2 saturated heterocycles. The van der Waals surface area contributed by atoms with Crippen LogP contribution < -0.4 is 5.32 Å². The van der Waals surface area contributed by atoms with Gasteiger partial charge in [0.1, 0.15) is 5.76 Å². The first-order chi connectivity index (χ1) is 11.1. The van der Waals surface area contributed by atoms with Gasteiger partial charge in [0.05, 0.1) is 0 Å².